The van der Waals surface area contributed by atoms with E-state index >= 15 is 0 Å². The molecular formula is C20H18F2N2. The molecule has 0 spiro atoms. The van der Waals surface area contributed by atoms with Crippen LogP contribution in [0.3, 0.4) is 0 Å². The zero-order chi connectivity index (χ0) is 16.9. The zero-order valence-electron chi connectivity index (χ0n) is 13.3. The number of piperidine rings is 1. The van der Waals surface area contributed by atoms with Gasteiger partial charge in [0.2, 0.25) is 0 Å². The van der Waals surface area contributed by atoms with Gasteiger partial charge in [0.25, 0.3) is 0 Å². The lowest BCUT2D eigenvalue weighted by Gasteiger charge is -2.29. The fraction of sp³-hybridized carbons (Fsp3) is 0.250. The van der Waals surface area contributed by atoms with Crippen molar-refractivity contribution in [3.05, 3.63) is 65.2 Å². The van der Waals surface area contributed by atoms with E-state index in [0.29, 0.717) is 22.4 Å². The number of benzene rings is 2. The average molecular weight is 324 g/mol. The molecular weight excluding hydrogens is 306 g/mol. The van der Waals surface area contributed by atoms with Gasteiger partial charge in [0, 0.05) is 13.1 Å². The van der Waals surface area contributed by atoms with Crippen molar-refractivity contribution in [1.82, 2.24) is 0 Å². The topological polar surface area (TPSA) is 27.0 Å². The molecule has 0 aromatic heterocycles. The summed E-state index contributed by atoms with van der Waals surface area (Å²) in [5.41, 5.74) is 2.22. The summed E-state index contributed by atoms with van der Waals surface area (Å²) in [6.07, 6.45) is 4.99. The Hall–Kier alpha value is -2.67. The number of halogens is 2. The second kappa shape index (κ2) is 7.27. The molecule has 1 fully saturated rings. The first kappa shape index (κ1) is 16.2. The maximum absolute atomic E-state index is 14.4. The molecule has 0 bridgehead atoms. The lowest BCUT2D eigenvalue weighted by Crippen LogP contribution is -2.30. The highest BCUT2D eigenvalue weighted by atomic mass is 19.1. The van der Waals surface area contributed by atoms with Crippen LogP contribution in [0.4, 0.5) is 14.5 Å². The summed E-state index contributed by atoms with van der Waals surface area (Å²) in [7, 11) is 0. The van der Waals surface area contributed by atoms with Crippen LogP contribution in [0.15, 0.2) is 42.5 Å². The van der Waals surface area contributed by atoms with E-state index in [-0.39, 0.29) is 11.6 Å². The lowest BCUT2D eigenvalue weighted by atomic mass is 10.0. The highest BCUT2D eigenvalue weighted by molar-refractivity contribution is 5.89. The Kier molecular flexibility index (Phi) is 4.90. The number of hydrogen-bond acceptors (Lipinski definition) is 2. The molecule has 0 aliphatic carbocycles. The van der Waals surface area contributed by atoms with E-state index in [0.717, 1.165) is 25.9 Å². The molecule has 24 heavy (non-hydrogen) atoms. The Labute approximate surface area is 140 Å². The smallest absolute Gasteiger partial charge is 0.147 e. The van der Waals surface area contributed by atoms with Gasteiger partial charge in [0.1, 0.15) is 11.6 Å². The van der Waals surface area contributed by atoms with E-state index in [1.54, 1.807) is 24.3 Å². The molecule has 1 aliphatic heterocycles. The minimum Gasteiger partial charge on any atom is -0.369 e. The van der Waals surface area contributed by atoms with E-state index < -0.39 is 0 Å². The van der Waals surface area contributed by atoms with Crippen LogP contribution in [0.25, 0.3) is 11.6 Å². The van der Waals surface area contributed by atoms with Gasteiger partial charge in [-0.25, -0.2) is 8.78 Å². The van der Waals surface area contributed by atoms with Gasteiger partial charge in [-0.05, 0) is 60.7 Å². The van der Waals surface area contributed by atoms with E-state index in [1.165, 1.54) is 24.6 Å². The number of nitriles is 1. The molecule has 0 amide bonds. The van der Waals surface area contributed by atoms with E-state index in [1.807, 2.05) is 6.07 Å². The summed E-state index contributed by atoms with van der Waals surface area (Å²) < 4.78 is 27.4. The van der Waals surface area contributed by atoms with E-state index in [2.05, 4.69) is 11.0 Å². The predicted molar refractivity (Wildman–Crippen MR) is 92.3 cm³/mol. The van der Waals surface area contributed by atoms with Crippen LogP contribution >= 0.6 is 0 Å². The third-order valence-electron chi connectivity index (χ3n) is 4.26. The molecule has 2 aromatic rings. The largest absolute Gasteiger partial charge is 0.369 e. The number of anilines is 1. The Morgan fingerprint density at radius 3 is 2.33 bits per heavy atom. The minimum atomic E-state index is -0.354. The quantitative estimate of drug-likeness (QED) is 0.585. The summed E-state index contributed by atoms with van der Waals surface area (Å²) in [6.45, 7) is 1.76. The molecule has 0 unspecified atom stereocenters. The Morgan fingerprint density at radius 2 is 1.71 bits per heavy atom. The van der Waals surface area contributed by atoms with Gasteiger partial charge in [-0.2, -0.15) is 5.26 Å². The average Bonchev–Trinajstić information content (AvgIpc) is 2.61. The van der Waals surface area contributed by atoms with Gasteiger partial charge in [-0.15, -0.1) is 0 Å². The molecule has 1 aliphatic rings. The van der Waals surface area contributed by atoms with Crippen LogP contribution in [0.2, 0.25) is 0 Å². The fourth-order valence-electron chi connectivity index (χ4n) is 2.98. The third-order valence-corrected chi connectivity index (χ3v) is 4.26. The standard InChI is InChI=1S/C20H18F2N2/c21-18-7-5-16(6-8-18)17(14-23)12-15-4-9-20(19(22)13-15)24-10-2-1-3-11-24/h4-9,12-13H,1-3,10-11H2/b17-12+. The molecule has 122 valence electrons. The molecule has 0 atom stereocenters. The normalized spacial score (nSPS) is 15.2. The molecule has 0 saturated carbocycles. The van der Waals surface area contributed by atoms with Crippen LogP contribution in [0.1, 0.15) is 30.4 Å². The highest BCUT2D eigenvalue weighted by Gasteiger charge is 2.14. The second-order valence-electron chi connectivity index (χ2n) is 5.94. The monoisotopic (exact) mass is 324 g/mol. The third kappa shape index (κ3) is 3.62. The van der Waals surface area contributed by atoms with Crippen molar-refractivity contribution in [3.8, 4) is 6.07 Å². The summed E-state index contributed by atoms with van der Waals surface area (Å²) >= 11 is 0. The molecule has 0 radical (unpaired) electrons. The molecule has 4 heteroatoms. The first-order chi connectivity index (χ1) is 11.7. The summed E-state index contributed by atoms with van der Waals surface area (Å²) in [5, 5.41) is 9.32. The van der Waals surface area contributed by atoms with Gasteiger partial charge in [0.15, 0.2) is 0 Å². The number of nitrogens with zero attached hydrogens (tertiary/aromatic N) is 2. The molecule has 2 aromatic carbocycles. The summed E-state index contributed by atoms with van der Waals surface area (Å²) in [6, 6.07) is 12.8. The van der Waals surface area contributed by atoms with Gasteiger partial charge in [-0.1, -0.05) is 18.2 Å². The fourth-order valence-corrected chi connectivity index (χ4v) is 2.98. The second-order valence-corrected chi connectivity index (χ2v) is 5.94. The van der Waals surface area contributed by atoms with Gasteiger partial charge in [-0.3, -0.25) is 0 Å². The van der Waals surface area contributed by atoms with E-state index in [4.69, 9.17) is 0 Å². The van der Waals surface area contributed by atoms with Crippen molar-refractivity contribution >= 4 is 17.3 Å². The summed E-state index contributed by atoms with van der Waals surface area (Å²) in [4.78, 5) is 2.07. The maximum Gasteiger partial charge on any atom is 0.147 e. The maximum atomic E-state index is 14.4. The van der Waals surface area contributed by atoms with Crippen LogP contribution in [0, 0.1) is 23.0 Å². The first-order valence-electron chi connectivity index (χ1n) is 8.09. The molecule has 3 rings (SSSR count). The van der Waals surface area contributed by atoms with Crippen LogP contribution < -0.4 is 4.90 Å². The van der Waals surface area contributed by atoms with Crippen LogP contribution in [-0.4, -0.2) is 13.1 Å². The Bertz CT molecular complexity index is 782. The number of rotatable bonds is 3. The van der Waals surface area contributed by atoms with Gasteiger partial charge >= 0.3 is 0 Å². The van der Waals surface area contributed by atoms with Crippen LogP contribution in [0.5, 0.6) is 0 Å². The highest BCUT2D eigenvalue weighted by Crippen LogP contribution is 2.26. The minimum absolute atomic E-state index is 0.276. The predicted octanol–water partition coefficient (Wildman–Crippen LogP) is 5.02. The molecule has 2 nitrogen and oxygen atoms in total. The van der Waals surface area contributed by atoms with Crippen molar-refractivity contribution in [2.24, 2.45) is 0 Å². The molecule has 1 heterocycles. The zero-order valence-corrected chi connectivity index (χ0v) is 13.3. The molecule has 1 saturated heterocycles. The Morgan fingerprint density at radius 1 is 1.00 bits per heavy atom. The first-order valence-corrected chi connectivity index (χ1v) is 8.09. The summed E-state index contributed by atoms with van der Waals surface area (Å²) in [5.74, 6) is -0.630. The van der Waals surface area contributed by atoms with Crippen molar-refractivity contribution in [2.75, 3.05) is 18.0 Å². The Balaban J connectivity index is 1.87. The van der Waals surface area contributed by atoms with Crippen molar-refractivity contribution < 1.29 is 8.78 Å². The van der Waals surface area contributed by atoms with E-state index in [9.17, 15) is 14.0 Å². The van der Waals surface area contributed by atoms with Crippen molar-refractivity contribution in [3.63, 3.8) is 0 Å². The van der Waals surface area contributed by atoms with Crippen molar-refractivity contribution in [1.29, 1.82) is 5.26 Å². The van der Waals surface area contributed by atoms with Gasteiger partial charge < -0.3 is 4.90 Å². The number of allylic oxidation sites excluding steroid dienone is 1. The van der Waals surface area contributed by atoms with Crippen LogP contribution in [-0.2, 0) is 0 Å². The SMILES string of the molecule is N#C/C(=C\c1ccc(N2CCCCC2)c(F)c1)c1ccc(F)cc1. The lowest BCUT2D eigenvalue weighted by molar-refractivity contribution is 0.557. The van der Waals surface area contributed by atoms with Crippen molar-refractivity contribution in [2.45, 2.75) is 19.3 Å². The molecule has 0 N–H and O–H groups in total. The number of hydrogen-bond donors (Lipinski definition) is 0. The van der Waals surface area contributed by atoms with Gasteiger partial charge in [0.05, 0.1) is 17.3 Å².